The largest absolute Gasteiger partial charge is 0.444 e. The third-order valence-corrected chi connectivity index (χ3v) is 5.01. The van der Waals surface area contributed by atoms with E-state index in [-0.39, 0.29) is 12.1 Å². The summed E-state index contributed by atoms with van der Waals surface area (Å²) in [4.78, 5) is 29.1. The summed E-state index contributed by atoms with van der Waals surface area (Å²) in [5.74, 6) is 0.552. The molecule has 0 bridgehead atoms. The second kappa shape index (κ2) is 10.8. The molecule has 4 N–H and O–H groups in total. The van der Waals surface area contributed by atoms with Crippen LogP contribution in [0.1, 0.15) is 11.3 Å². The fourth-order valence-corrected chi connectivity index (χ4v) is 3.26. The molecule has 172 valence electrons. The molecule has 1 heterocycles. The van der Waals surface area contributed by atoms with Crippen LogP contribution in [0.2, 0.25) is 0 Å². The molecule has 0 saturated carbocycles. The van der Waals surface area contributed by atoms with E-state index in [1.54, 1.807) is 30.5 Å². The van der Waals surface area contributed by atoms with E-state index in [9.17, 15) is 9.59 Å². The van der Waals surface area contributed by atoms with Crippen LogP contribution in [0.5, 0.6) is 0 Å². The van der Waals surface area contributed by atoms with E-state index in [1.165, 1.54) is 0 Å². The first-order chi connectivity index (χ1) is 16.6. The predicted octanol–water partition coefficient (Wildman–Crippen LogP) is 5.66. The van der Waals surface area contributed by atoms with Gasteiger partial charge in [0.25, 0.3) is 0 Å². The Labute approximate surface area is 197 Å². The molecule has 0 aliphatic rings. The minimum absolute atomic E-state index is 0.347. The molecule has 0 radical (unpaired) electrons. The molecule has 0 unspecified atom stereocenters. The highest BCUT2D eigenvalue weighted by Crippen LogP contribution is 2.21. The topological polar surface area (TPSA) is 108 Å². The summed E-state index contributed by atoms with van der Waals surface area (Å²) in [6.07, 6.45) is 2.13. The van der Waals surface area contributed by atoms with E-state index in [4.69, 9.17) is 4.42 Å². The Bertz CT molecular complexity index is 1260. The number of anilines is 3. The van der Waals surface area contributed by atoms with Crippen LogP contribution in [-0.4, -0.2) is 23.6 Å². The molecule has 34 heavy (non-hydrogen) atoms. The summed E-state index contributed by atoms with van der Waals surface area (Å²) in [6, 6.07) is 23.4. The molecule has 0 fully saturated rings. The summed E-state index contributed by atoms with van der Waals surface area (Å²) < 4.78 is 5.52. The van der Waals surface area contributed by atoms with Crippen molar-refractivity contribution in [3.63, 3.8) is 0 Å². The van der Waals surface area contributed by atoms with Gasteiger partial charge in [-0.3, -0.25) is 0 Å². The number of carbonyl (C=O) groups is 2. The lowest BCUT2D eigenvalue weighted by Crippen LogP contribution is -2.30. The molecular weight excluding hydrogens is 430 g/mol. The Balaban J connectivity index is 1.27. The van der Waals surface area contributed by atoms with Crippen molar-refractivity contribution in [2.24, 2.45) is 0 Å². The smallest absolute Gasteiger partial charge is 0.323 e. The van der Waals surface area contributed by atoms with Crippen molar-refractivity contribution in [3.05, 3.63) is 96.4 Å². The Kier molecular flexibility index (Phi) is 7.19. The van der Waals surface area contributed by atoms with Gasteiger partial charge in [-0.2, -0.15) is 0 Å². The van der Waals surface area contributed by atoms with Gasteiger partial charge >= 0.3 is 12.1 Å². The third-order valence-electron chi connectivity index (χ3n) is 5.01. The fourth-order valence-electron chi connectivity index (χ4n) is 3.26. The van der Waals surface area contributed by atoms with E-state index in [1.807, 2.05) is 61.5 Å². The van der Waals surface area contributed by atoms with E-state index in [2.05, 4.69) is 26.3 Å². The number of hydrogen-bond acceptors (Lipinski definition) is 4. The van der Waals surface area contributed by atoms with Gasteiger partial charge in [0.2, 0.25) is 5.89 Å². The molecular formula is C26H25N5O3. The zero-order valence-corrected chi connectivity index (χ0v) is 18.7. The average Bonchev–Trinajstić information content (AvgIpc) is 3.31. The first-order valence-corrected chi connectivity index (χ1v) is 10.9. The lowest BCUT2D eigenvalue weighted by Gasteiger charge is -2.13. The first-order valence-electron chi connectivity index (χ1n) is 10.9. The van der Waals surface area contributed by atoms with Crippen molar-refractivity contribution in [1.82, 2.24) is 10.3 Å². The highest BCUT2D eigenvalue weighted by atomic mass is 16.3. The number of nitrogens with one attached hydrogen (secondary N) is 4. The van der Waals surface area contributed by atoms with Crippen molar-refractivity contribution in [2.75, 3.05) is 22.5 Å². The van der Waals surface area contributed by atoms with Gasteiger partial charge in [0.1, 0.15) is 6.26 Å². The molecule has 8 nitrogen and oxygen atoms in total. The number of aryl methyl sites for hydroxylation is 1. The van der Waals surface area contributed by atoms with Gasteiger partial charge < -0.3 is 25.7 Å². The molecule has 0 atom stereocenters. The normalized spacial score (nSPS) is 10.4. The Morgan fingerprint density at radius 3 is 2.29 bits per heavy atom. The summed E-state index contributed by atoms with van der Waals surface area (Å²) in [7, 11) is 0. The second-order valence-corrected chi connectivity index (χ2v) is 7.62. The van der Waals surface area contributed by atoms with Crippen molar-refractivity contribution >= 4 is 29.1 Å². The van der Waals surface area contributed by atoms with Crippen LogP contribution in [0.3, 0.4) is 0 Å². The molecule has 4 amide bonds. The minimum Gasteiger partial charge on any atom is -0.444 e. The van der Waals surface area contributed by atoms with E-state index < -0.39 is 0 Å². The van der Waals surface area contributed by atoms with E-state index in [0.29, 0.717) is 35.9 Å². The first kappa shape index (κ1) is 22.6. The van der Waals surface area contributed by atoms with Crippen LogP contribution in [-0.2, 0) is 6.42 Å². The second-order valence-electron chi connectivity index (χ2n) is 7.62. The van der Waals surface area contributed by atoms with Crippen LogP contribution in [0.25, 0.3) is 11.5 Å². The third kappa shape index (κ3) is 6.23. The summed E-state index contributed by atoms with van der Waals surface area (Å²) in [5.41, 5.74) is 4.38. The Morgan fingerprint density at radius 1 is 0.824 bits per heavy atom. The number of carbonyl (C=O) groups excluding carboxylic acids is 2. The summed E-state index contributed by atoms with van der Waals surface area (Å²) in [5, 5.41) is 11.2. The molecule has 0 saturated heterocycles. The quantitative estimate of drug-likeness (QED) is 0.288. The molecule has 4 rings (SSSR count). The molecule has 1 aromatic heterocycles. The predicted molar refractivity (Wildman–Crippen MR) is 133 cm³/mol. The number of hydrogen-bond donors (Lipinski definition) is 4. The number of urea groups is 2. The van der Waals surface area contributed by atoms with Gasteiger partial charge in [-0.05, 0) is 48.9 Å². The van der Waals surface area contributed by atoms with Gasteiger partial charge in [0.05, 0.1) is 5.69 Å². The Morgan fingerprint density at radius 2 is 1.53 bits per heavy atom. The maximum atomic E-state index is 12.4. The molecule has 0 aliphatic carbocycles. The fraction of sp³-hybridized carbons (Fsp3) is 0.115. The van der Waals surface area contributed by atoms with Crippen LogP contribution >= 0.6 is 0 Å². The van der Waals surface area contributed by atoms with Crippen molar-refractivity contribution < 1.29 is 14.0 Å². The maximum absolute atomic E-state index is 12.4. The maximum Gasteiger partial charge on any atom is 0.323 e. The number of oxazole rings is 1. The van der Waals surface area contributed by atoms with Crippen LogP contribution in [0.4, 0.5) is 26.7 Å². The van der Waals surface area contributed by atoms with E-state index in [0.717, 1.165) is 16.8 Å². The molecule has 4 aromatic rings. The zero-order valence-electron chi connectivity index (χ0n) is 18.7. The van der Waals surface area contributed by atoms with Gasteiger partial charge in [0.15, 0.2) is 0 Å². The average molecular weight is 456 g/mol. The van der Waals surface area contributed by atoms with Crippen molar-refractivity contribution in [2.45, 2.75) is 13.3 Å². The van der Waals surface area contributed by atoms with Crippen LogP contribution in [0.15, 0.2) is 89.5 Å². The Hall–Kier alpha value is -4.59. The van der Waals surface area contributed by atoms with Gasteiger partial charge in [-0.25, -0.2) is 14.6 Å². The molecule has 8 heteroatoms. The SMILES string of the molecule is Cc1ccc(NC(=O)Nc2ccccc2)cc1NC(=O)NCCc1coc(-c2ccccc2)n1. The number of benzene rings is 3. The van der Waals surface area contributed by atoms with Gasteiger partial charge in [-0.15, -0.1) is 0 Å². The molecule has 0 spiro atoms. The standard InChI is InChI=1S/C26H25N5O3/c1-18-12-13-21(30-26(33)29-20-10-6-3-7-11-20)16-23(18)31-25(32)27-15-14-22-17-34-24(28-22)19-8-4-2-5-9-19/h2-13,16-17H,14-15H2,1H3,(H2,27,31,32)(H2,29,30,33). The van der Waals surface area contributed by atoms with Crippen molar-refractivity contribution in [3.8, 4) is 11.5 Å². The zero-order chi connectivity index (χ0) is 23.8. The summed E-state index contributed by atoms with van der Waals surface area (Å²) >= 11 is 0. The number of nitrogens with zero attached hydrogens (tertiary/aromatic N) is 1. The van der Waals surface area contributed by atoms with E-state index >= 15 is 0 Å². The number of amides is 4. The highest BCUT2D eigenvalue weighted by molar-refractivity contribution is 6.00. The van der Waals surface area contributed by atoms with Crippen LogP contribution < -0.4 is 21.3 Å². The van der Waals surface area contributed by atoms with Crippen molar-refractivity contribution in [1.29, 1.82) is 0 Å². The molecule has 3 aromatic carbocycles. The highest BCUT2D eigenvalue weighted by Gasteiger charge is 2.09. The lowest BCUT2D eigenvalue weighted by atomic mass is 10.2. The minimum atomic E-state index is -0.368. The lowest BCUT2D eigenvalue weighted by molar-refractivity contribution is 0.252. The number of rotatable bonds is 7. The van der Waals surface area contributed by atoms with Crippen LogP contribution in [0, 0.1) is 6.92 Å². The monoisotopic (exact) mass is 455 g/mol. The number of aromatic nitrogens is 1. The van der Waals surface area contributed by atoms with Gasteiger partial charge in [-0.1, -0.05) is 42.5 Å². The van der Waals surface area contributed by atoms with Gasteiger partial charge in [0, 0.05) is 35.6 Å². The summed E-state index contributed by atoms with van der Waals surface area (Å²) in [6.45, 7) is 2.27. The number of para-hydroxylation sites is 1. The molecule has 0 aliphatic heterocycles.